The lowest BCUT2D eigenvalue weighted by molar-refractivity contribution is -0.121. The Labute approximate surface area is 119 Å². The second kappa shape index (κ2) is 7.04. The van der Waals surface area contributed by atoms with E-state index in [4.69, 9.17) is 0 Å². The molecule has 1 aliphatic rings. The Morgan fingerprint density at radius 2 is 1.95 bits per heavy atom. The largest absolute Gasteiger partial charge is 0.353 e. The highest BCUT2D eigenvalue weighted by Gasteiger charge is 2.15. The molecule has 0 unspecified atom stereocenters. The van der Waals surface area contributed by atoms with E-state index in [-0.39, 0.29) is 5.91 Å². The predicted molar refractivity (Wildman–Crippen MR) is 79.5 cm³/mol. The normalized spacial score (nSPS) is 17.2. The fraction of sp³-hybridized carbons (Fsp3) is 0.733. The van der Waals surface area contributed by atoms with E-state index >= 15 is 0 Å². The third-order valence-electron chi connectivity index (χ3n) is 3.80. The summed E-state index contributed by atoms with van der Waals surface area (Å²) in [4.78, 5) is 17.6. The molecule has 1 fully saturated rings. The van der Waals surface area contributed by atoms with Gasteiger partial charge in [-0.2, -0.15) is 0 Å². The minimum Gasteiger partial charge on any atom is -0.353 e. The molecule has 0 aliphatic heterocycles. The molecule has 1 amide bonds. The van der Waals surface area contributed by atoms with Crippen LogP contribution in [0, 0.1) is 13.8 Å². The number of amides is 1. The molecule has 1 N–H and O–H groups in total. The lowest BCUT2D eigenvalue weighted by Crippen LogP contribution is -2.34. The van der Waals surface area contributed by atoms with Gasteiger partial charge in [0.25, 0.3) is 0 Å². The quantitative estimate of drug-likeness (QED) is 0.857. The van der Waals surface area contributed by atoms with Gasteiger partial charge in [0.1, 0.15) is 0 Å². The maximum absolute atomic E-state index is 12.0. The molecule has 1 aliphatic carbocycles. The average Bonchev–Trinajstić information content (AvgIpc) is 2.56. The van der Waals surface area contributed by atoms with E-state index in [0.717, 1.165) is 30.0 Å². The number of thiazole rings is 1. The molecule has 0 aromatic carbocycles. The molecule has 2 rings (SSSR count). The van der Waals surface area contributed by atoms with Gasteiger partial charge in [-0.3, -0.25) is 4.79 Å². The first-order valence-electron chi connectivity index (χ1n) is 7.37. The van der Waals surface area contributed by atoms with Gasteiger partial charge >= 0.3 is 0 Å². The Bertz CT molecular complexity index is 420. The molecule has 1 aromatic heterocycles. The van der Waals surface area contributed by atoms with E-state index in [9.17, 15) is 4.79 Å². The summed E-state index contributed by atoms with van der Waals surface area (Å²) < 4.78 is 0. The van der Waals surface area contributed by atoms with E-state index in [1.54, 1.807) is 11.3 Å². The summed E-state index contributed by atoms with van der Waals surface area (Å²) in [6, 6.07) is 0.416. The summed E-state index contributed by atoms with van der Waals surface area (Å²) >= 11 is 1.71. The number of rotatable bonds is 4. The maximum Gasteiger partial charge on any atom is 0.220 e. The van der Waals surface area contributed by atoms with Gasteiger partial charge in [-0.05, 0) is 33.1 Å². The van der Waals surface area contributed by atoms with Crippen LogP contribution in [0.4, 0.5) is 0 Å². The molecule has 0 saturated heterocycles. The molecule has 0 bridgehead atoms. The summed E-state index contributed by atoms with van der Waals surface area (Å²) in [7, 11) is 0. The van der Waals surface area contributed by atoms with Gasteiger partial charge in [0, 0.05) is 17.3 Å². The molecule has 19 heavy (non-hydrogen) atoms. The summed E-state index contributed by atoms with van der Waals surface area (Å²) in [5.41, 5.74) is 1.09. The predicted octanol–water partition coefficient (Wildman–Crippen LogP) is 3.53. The SMILES string of the molecule is Cc1nc(C)c(CCC(=O)NC2CCCCCC2)s1. The fourth-order valence-electron chi connectivity index (χ4n) is 2.76. The van der Waals surface area contributed by atoms with Gasteiger partial charge in [-0.25, -0.2) is 4.98 Å². The zero-order chi connectivity index (χ0) is 13.7. The molecule has 0 atom stereocenters. The number of carbonyl (C=O) groups is 1. The molecular formula is C15H24N2OS. The minimum atomic E-state index is 0.206. The van der Waals surface area contributed by atoms with Gasteiger partial charge in [0.15, 0.2) is 0 Å². The molecule has 0 radical (unpaired) electrons. The summed E-state index contributed by atoms with van der Waals surface area (Å²) in [6.45, 7) is 4.05. The van der Waals surface area contributed by atoms with Crippen LogP contribution in [-0.2, 0) is 11.2 Å². The van der Waals surface area contributed by atoms with Crippen molar-refractivity contribution in [1.29, 1.82) is 0 Å². The van der Waals surface area contributed by atoms with E-state index in [1.807, 2.05) is 13.8 Å². The number of carbonyl (C=O) groups excluding carboxylic acids is 1. The lowest BCUT2D eigenvalue weighted by atomic mass is 10.1. The second-order valence-corrected chi connectivity index (χ2v) is 6.79. The minimum absolute atomic E-state index is 0.206. The van der Waals surface area contributed by atoms with E-state index in [1.165, 1.54) is 30.6 Å². The Kier molecular flexibility index (Phi) is 5.37. The summed E-state index contributed by atoms with van der Waals surface area (Å²) in [6.07, 6.45) is 8.91. The Balaban J connectivity index is 1.76. The number of aryl methyl sites for hydroxylation is 3. The number of nitrogens with zero attached hydrogens (tertiary/aromatic N) is 1. The first kappa shape index (κ1) is 14.5. The smallest absolute Gasteiger partial charge is 0.220 e. The zero-order valence-corrected chi connectivity index (χ0v) is 12.8. The standard InChI is InChI=1S/C15H24N2OS/c1-11-14(19-12(2)16-11)9-10-15(18)17-13-7-5-3-4-6-8-13/h13H,3-10H2,1-2H3,(H,17,18). The van der Waals surface area contributed by atoms with Gasteiger partial charge in [0.05, 0.1) is 10.7 Å². The van der Waals surface area contributed by atoms with Crippen LogP contribution in [0.2, 0.25) is 0 Å². The van der Waals surface area contributed by atoms with Crippen LogP contribution in [0.1, 0.15) is 60.5 Å². The zero-order valence-electron chi connectivity index (χ0n) is 12.0. The Morgan fingerprint density at radius 3 is 2.53 bits per heavy atom. The Hall–Kier alpha value is -0.900. The van der Waals surface area contributed by atoms with E-state index in [2.05, 4.69) is 10.3 Å². The van der Waals surface area contributed by atoms with Crippen LogP contribution >= 0.6 is 11.3 Å². The van der Waals surface area contributed by atoms with Crippen molar-refractivity contribution in [2.45, 2.75) is 71.3 Å². The van der Waals surface area contributed by atoms with Crippen molar-refractivity contribution in [1.82, 2.24) is 10.3 Å². The van der Waals surface area contributed by atoms with Crippen molar-refractivity contribution in [3.05, 3.63) is 15.6 Å². The van der Waals surface area contributed by atoms with Crippen molar-refractivity contribution in [2.24, 2.45) is 0 Å². The monoisotopic (exact) mass is 280 g/mol. The van der Waals surface area contributed by atoms with Gasteiger partial charge in [-0.15, -0.1) is 11.3 Å². The molecule has 1 aromatic rings. The van der Waals surface area contributed by atoms with Gasteiger partial charge in [-0.1, -0.05) is 25.7 Å². The van der Waals surface area contributed by atoms with Crippen molar-refractivity contribution in [3.63, 3.8) is 0 Å². The number of hydrogen-bond acceptors (Lipinski definition) is 3. The number of hydrogen-bond donors (Lipinski definition) is 1. The molecule has 3 nitrogen and oxygen atoms in total. The third-order valence-corrected chi connectivity index (χ3v) is 4.93. The maximum atomic E-state index is 12.0. The molecule has 0 spiro atoms. The van der Waals surface area contributed by atoms with Gasteiger partial charge in [0.2, 0.25) is 5.91 Å². The van der Waals surface area contributed by atoms with Crippen LogP contribution < -0.4 is 5.32 Å². The Morgan fingerprint density at radius 1 is 1.26 bits per heavy atom. The highest BCUT2D eigenvalue weighted by molar-refractivity contribution is 7.11. The number of nitrogens with one attached hydrogen (secondary N) is 1. The van der Waals surface area contributed by atoms with Crippen molar-refractivity contribution in [3.8, 4) is 0 Å². The van der Waals surface area contributed by atoms with Crippen LogP contribution in [0.15, 0.2) is 0 Å². The molecule has 4 heteroatoms. The van der Waals surface area contributed by atoms with Crippen molar-refractivity contribution < 1.29 is 4.79 Å². The van der Waals surface area contributed by atoms with Crippen molar-refractivity contribution in [2.75, 3.05) is 0 Å². The first-order chi connectivity index (χ1) is 9.15. The van der Waals surface area contributed by atoms with Crippen LogP contribution in [-0.4, -0.2) is 16.9 Å². The van der Waals surface area contributed by atoms with Crippen LogP contribution in [0.5, 0.6) is 0 Å². The molecular weight excluding hydrogens is 256 g/mol. The summed E-state index contributed by atoms with van der Waals surface area (Å²) in [5.74, 6) is 0.206. The molecule has 1 saturated carbocycles. The topological polar surface area (TPSA) is 42.0 Å². The lowest BCUT2D eigenvalue weighted by Gasteiger charge is -2.15. The van der Waals surface area contributed by atoms with E-state index < -0.39 is 0 Å². The van der Waals surface area contributed by atoms with Gasteiger partial charge < -0.3 is 5.32 Å². The van der Waals surface area contributed by atoms with Crippen LogP contribution in [0.25, 0.3) is 0 Å². The fourth-order valence-corrected chi connectivity index (χ4v) is 3.69. The van der Waals surface area contributed by atoms with Crippen LogP contribution in [0.3, 0.4) is 0 Å². The second-order valence-electron chi connectivity index (χ2n) is 5.50. The number of aromatic nitrogens is 1. The molecule has 106 valence electrons. The summed E-state index contributed by atoms with van der Waals surface area (Å²) in [5, 5.41) is 4.29. The highest BCUT2D eigenvalue weighted by atomic mass is 32.1. The van der Waals surface area contributed by atoms with E-state index in [0.29, 0.717) is 12.5 Å². The average molecular weight is 280 g/mol. The third kappa shape index (κ3) is 4.60. The van der Waals surface area contributed by atoms with Crippen molar-refractivity contribution >= 4 is 17.2 Å². The highest BCUT2D eigenvalue weighted by Crippen LogP contribution is 2.20. The molecule has 1 heterocycles. The first-order valence-corrected chi connectivity index (χ1v) is 8.19.